The fraction of sp³-hybridized carbons (Fsp3) is 0.154. The van der Waals surface area contributed by atoms with Gasteiger partial charge in [0.15, 0.2) is 0 Å². The van der Waals surface area contributed by atoms with Gasteiger partial charge in [0, 0.05) is 4.88 Å². The van der Waals surface area contributed by atoms with Crippen LogP contribution in [0, 0.1) is 0 Å². The summed E-state index contributed by atoms with van der Waals surface area (Å²) in [6.07, 6.45) is 0. The molecule has 0 aliphatic heterocycles. The van der Waals surface area contributed by atoms with Crippen molar-refractivity contribution in [1.29, 1.82) is 0 Å². The maximum absolute atomic E-state index is 4.04. The van der Waals surface area contributed by atoms with Crippen LogP contribution in [-0.2, 0) is 0 Å². The highest BCUT2D eigenvalue weighted by atomic mass is 32.1. The monoisotopic (exact) mass is 271 g/mol. The van der Waals surface area contributed by atoms with Gasteiger partial charge in [0.1, 0.15) is 0 Å². The summed E-state index contributed by atoms with van der Waals surface area (Å²) in [6.45, 7) is 2.09. The summed E-state index contributed by atoms with van der Waals surface area (Å²) in [7, 11) is 0. The molecule has 0 fully saturated rings. The summed E-state index contributed by atoms with van der Waals surface area (Å²) >= 11 is 1.71. The fourth-order valence-electron chi connectivity index (χ4n) is 1.82. The van der Waals surface area contributed by atoms with Crippen molar-refractivity contribution in [1.82, 2.24) is 20.2 Å². The minimum atomic E-state index is 0.175. The summed E-state index contributed by atoms with van der Waals surface area (Å²) in [5.74, 6) is 0.645. The molecular formula is C13H13N5S. The van der Waals surface area contributed by atoms with Crippen molar-refractivity contribution in [3.05, 3.63) is 52.7 Å². The van der Waals surface area contributed by atoms with Crippen molar-refractivity contribution in [2.45, 2.75) is 13.0 Å². The number of nitrogens with one attached hydrogen (secondary N) is 1. The third kappa shape index (κ3) is 2.48. The Morgan fingerprint density at radius 1 is 1.16 bits per heavy atom. The molecule has 1 aromatic carbocycles. The topological polar surface area (TPSA) is 55.6 Å². The summed E-state index contributed by atoms with van der Waals surface area (Å²) < 4.78 is 1.70. The second-order valence-electron chi connectivity index (χ2n) is 4.13. The summed E-state index contributed by atoms with van der Waals surface area (Å²) in [5, 5.41) is 17.2. The molecule has 1 N–H and O–H groups in total. The highest BCUT2D eigenvalue weighted by molar-refractivity contribution is 7.10. The van der Waals surface area contributed by atoms with Crippen LogP contribution in [0.3, 0.4) is 0 Å². The van der Waals surface area contributed by atoms with Gasteiger partial charge in [-0.05, 0) is 40.9 Å². The van der Waals surface area contributed by atoms with Crippen molar-refractivity contribution in [2.75, 3.05) is 5.32 Å². The molecule has 0 bridgehead atoms. The van der Waals surface area contributed by atoms with Gasteiger partial charge in [0.05, 0.1) is 11.7 Å². The van der Waals surface area contributed by atoms with Crippen molar-refractivity contribution < 1.29 is 0 Å². The molecule has 1 atom stereocenters. The van der Waals surface area contributed by atoms with Gasteiger partial charge in [0.2, 0.25) is 5.95 Å². The number of para-hydroxylation sites is 1. The number of aromatic nitrogens is 4. The summed E-state index contributed by atoms with van der Waals surface area (Å²) in [5.41, 5.74) is 0.938. The predicted octanol–water partition coefficient (Wildman–Crippen LogP) is 2.90. The third-order valence-electron chi connectivity index (χ3n) is 2.79. The van der Waals surface area contributed by atoms with Gasteiger partial charge in [-0.3, -0.25) is 0 Å². The van der Waals surface area contributed by atoms with Crippen LogP contribution in [0.2, 0.25) is 0 Å². The molecule has 19 heavy (non-hydrogen) atoms. The lowest BCUT2D eigenvalue weighted by atomic mass is 10.3. The van der Waals surface area contributed by atoms with Gasteiger partial charge in [-0.1, -0.05) is 29.4 Å². The molecule has 3 rings (SSSR count). The van der Waals surface area contributed by atoms with Crippen LogP contribution in [0.5, 0.6) is 0 Å². The lowest BCUT2D eigenvalue weighted by molar-refractivity contribution is 0.782. The van der Waals surface area contributed by atoms with Crippen LogP contribution in [0.4, 0.5) is 5.95 Å². The fourth-order valence-corrected chi connectivity index (χ4v) is 2.56. The number of thiophene rings is 1. The maximum atomic E-state index is 4.04. The number of benzene rings is 1. The van der Waals surface area contributed by atoms with E-state index in [4.69, 9.17) is 0 Å². The normalized spacial score (nSPS) is 12.3. The first-order valence-corrected chi connectivity index (χ1v) is 6.86. The SMILES string of the molecule is C[C@@H](Nc1nnnn1-c1ccccc1)c1cccs1. The Kier molecular flexibility index (Phi) is 3.24. The first-order valence-electron chi connectivity index (χ1n) is 5.98. The zero-order valence-electron chi connectivity index (χ0n) is 10.4. The summed E-state index contributed by atoms with van der Waals surface area (Å²) in [4.78, 5) is 1.25. The van der Waals surface area contributed by atoms with Crippen LogP contribution in [-0.4, -0.2) is 20.2 Å². The standard InChI is InChI=1S/C13H13N5S/c1-10(12-8-5-9-19-12)14-13-15-16-17-18(13)11-6-3-2-4-7-11/h2-10H,1H3,(H,14,15,17)/t10-/m1/s1. The Labute approximate surface area is 114 Å². The number of hydrogen-bond acceptors (Lipinski definition) is 5. The molecule has 0 aliphatic carbocycles. The first-order chi connectivity index (χ1) is 9.34. The number of anilines is 1. The highest BCUT2D eigenvalue weighted by Gasteiger charge is 2.12. The Morgan fingerprint density at radius 3 is 2.74 bits per heavy atom. The Balaban J connectivity index is 1.85. The zero-order valence-corrected chi connectivity index (χ0v) is 11.2. The van der Waals surface area contributed by atoms with E-state index in [9.17, 15) is 0 Å². The van der Waals surface area contributed by atoms with E-state index >= 15 is 0 Å². The Morgan fingerprint density at radius 2 is 2.00 bits per heavy atom. The first kappa shape index (κ1) is 11.9. The molecule has 0 saturated carbocycles. The molecule has 2 heterocycles. The van der Waals surface area contributed by atoms with Crippen LogP contribution in [0.1, 0.15) is 17.8 Å². The van der Waals surface area contributed by atoms with Gasteiger partial charge in [0.25, 0.3) is 0 Å². The second kappa shape index (κ2) is 5.19. The van der Waals surface area contributed by atoms with E-state index in [2.05, 4.69) is 39.2 Å². The maximum Gasteiger partial charge on any atom is 0.248 e. The number of hydrogen-bond donors (Lipinski definition) is 1. The molecule has 0 unspecified atom stereocenters. The van der Waals surface area contributed by atoms with Crippen molar-refractivity contribution in [3.63, 3.8) is 0 Å². The molecule has 0 amide bonds. The summed E-state index contributed by atoms with van der Waals surface area (Å²) in [6, 6.07) is 14.1. The Bertz CT molecular complexity index is 632. The third-order valence-corrected chi connectivity index (χ3v) is 3.84. The van der Waals surface area contributed by atoms with E-state index in [0.717, 1.165) is 5.69 Å². The molecule has 3 aromatic rings. The van der Waals surface area contributed by atoms with Gasteiger partial charge in [-0.2, -0.15) is 4.68 Å². The van der Waals surface area contributed by atoms with Crippen LogP contribution < -0.4 is 5.32 Å². The molecule has 5 nitrogen and oxygen atoms in total. The highest BCUT2D eigenvalue weighted by Crippen LogP contribution is 2.22. The van der Waals surface area contributed by atoms with Gasteiger partial charge in [-0.25, -0.2) is 0 Å². The minimum absolute atomic E-state index is 0.175. The van der Waals surface area contributed by atoms with Crippen LogP contribution >= 0.6 is 11.3 Å². The molecule has 6 heteroatoms. The molecule has 0 aliphatic rings. The smallest absolute Gasteiger partial charge is 0.248 e. The van der Waals surface area contributed by atoms with E-state index in [-0.39, 0.29) is 6.04 Å². The van der Waals surface area contributed by atoms with E-state index in [1.165, 1.54) is 4.88 Å². The minimum Gasteiger partial charge on any atom is -0.345 e. The van der Waals surface area contributed by atoms with Crippen molar-refractivity contribution in [2.24, 2.45) is 0 Å². The average molecular weight is 271 g/mol. The molecule has 0 spiro atoms. The lowest BCUT2D eigenvalue weighted by Crippen LogP contribution is -2.10. The Hall–Kier alpha value is -2.21. The van der Waals surface area contributed by atoms with Crippen molar-refractivity contribution >= 4 is 17.3 Å². The largest absolute Gasteiger partial charge is 0.345 e. The molecule has 0 saturated heterocycles. The average Bonchev–Trinajstić information content (AvgIpc) is 3.11. The zero-order chi connectivity index (χ0) is 13.1. The van der Waals surface area contributed by atoms with Gasteiger partial charge in [-0.15, -0.1) is 11.3 Å². The number of nitrogens with zero attached hydrogens (tertiary/aromatic N) is 4. The lowest BCUT2D eigenvalue weighted by Gasteiger charge is -2.12. The van der Waals surface area contributed by atoms with Crippen molar-refractivity contribution in [3.8, 4) is 5.69 Å². The molecular weight excluding hydrogens is 258 g/mol. The predicted molar refractivity (Wildman–Crippen MR) is 75.5 cm³/mol. The quantitative estimate of drug-likeness (QED) is 0.792. The number of tetrazole rings is 1. The second-order valence-corrected chi connectivity index (χ2v) is 5.11. The van der Waals surface area contributed by atoms with Gasteiger partial charge < -0.3 is 5.32 Å². The number of rotatable bonds is 4. The molecule has 96 valence electrons. The van der Waals surface area contributed by atoms with Crippen LogP contribution in [0.15, 0.2) is 47.8 Å². The van der Waals surface area contributed by atoms with Gasteiger partial charge >= 0.3 is 0 Å². The van der Waals surface area contributed by atoms with E-state index in [1.54, 1.807) is 16.0 Å². The van der Waals surface area contributed by atoms with E-state index < -0.39 is 0 Å². The van der Waals surface area contributed by atoms with E-state index in [0.29, 0.717) is 5.95 Å². The van der Waals surface area contributed by atoms with Crippen LogP contribution in [0.25, 0.3) is 5.69 Å². The molecule has 0 radical (unpaired) electrons. The van der Waals surface area contributed by atoms with E-state index in [1.807, 2.05) is 36.4 Å². The molecule has 2 aromatic heterocycles.